The van der Waals surface area contributed by atoms with E-state index in [4.69, 9.17) is 0 Å². The molecule has 1 aliphatic rings. The van der Waals surface area contributed by atoms with Crippen molar-refractivity contribution in [3.63, 3.8) is 0 Å². The van der Waals surface area contributed by atoms with E-state index in [1.807, 2.05) is 0 Å². The van der Waals surface area contributed by atoms with Crippen molar-refractivity contribution in [1.29, 1.82) is 0 Å². The second kappa shape index (κ2) is 9.86. The van der Waals surface area contributed by atoms with Crippen LogP contribution in [0.1, 0.15) is 44.2 Å². The Morgan fingerprint density at radius 3 is 1.97 bits per heavy atom. The summed E-state index contributed by atoms with van der Waals surface area (Å²) in [5.41, 5.74) is 0.651. The predicted octanol–water partition coefficient (Wildman–Crippen LogP) is -0.251. The summed E-state index contributed by atoms with van der Waals surface area (Å²) >= 11 is 0. The number of carbonyl (C=O) groups excluding carboxylic acids is 2. The van der Waals surface area contributed by atoms with Gasteiger partial charge in [0.15, 0.2) is 0 Å². The fourth-order valence-electron chi connectivity index (χ4n) is 3.31. The van der Waals surface area contributed by atoms with Crippen LogP contribution in [0.3, 0.4) is 0 Å². The van der Waals surface area contributed by atoms with Crippen molar-refractivity contribution in [1.82, 2.24) is 20.1 Å². The number of amides is 2. The monoisotopic (exact) mass is 460 g/mol. The zero-order valence-electron chi connectivity index (χ0n) is 17.1. The molecule has 1 saturated carbocycles. The minimum absolute atomic E-state index is 0.103. The van der Waals surface area contributed by atoms with Gasteiger partial charge in [-0.15, -0.1) is 0 Å². The molecule has 0 spiro atoms. The third kappa shape index (κ3) is 7.04. The molecule has 4 N–H and O–H groups in total. The maximum absolute atomic E-state index is 12.2. The lowest BCUT2D eigenvalue weighted by atomic mass is 9.92. The third-order valence-corrected chi connectivity index (χ3v) is 7.15. The minimum atomic E-state index is -3.55. The predicted molar refractivity (Wildman–Crippen MR) is 111 cm³/mol. The first-order valence-electron chi connectivity index (χ1n) is 9.53. The van der Waals surface area contributed by atoms with Gasteiger partial charge in [-0.3, -0.25) is 9.59 Å². The average Bonchev–Trinajstić information content (AvgIpc) is 2.68. The van der Waals surface area contributed by atoms with E-state index in [1.54, 1.807) is 19.1 Å². The van der Waals surface area contributed by atoms with E-state index in [1.165, 1.54) is 19.2 Å². The average molecular weight is 461 g/mol. The summed E-state index contributed by atoms with van der Waals surface area (Å²) in [4.78, 5) is 24.5. The lowest BCUT2D eigenvalue weighted by Crippen LogP contribution is -2.48. The van der Waals surface area contributed by atoms with Gasteiger partial charge in [0.05, 0.1) is 17.2 Å². The summed E-state index contributed by atoms with van der Waals surface area (Å²) in [6, 6.07) is 5.15. The van der Waals surface area contributed by atoms with Gasteiger partial charge in [0, 0.05) is 12.1 Å². The Balaban J connectivity index is 1.85. The van der Waals surface area contributed by atoms with E-state index in [0.29, 0.717) is 31.2 Å². The van der Waals surface area contributed by atoms with Gasteiger partial charge >= 0.3 is 11.8 Å². The van der Waals surface area contributed by atoms with Gasteiger partial charge in [-0.2, -0.15) is 0 Å². The van der Waals surface area contributed by atoms with Crippen molar-refractivity contribution < 1.29 is 26.4 Å². The summed E-state index contributed by atoms with van der Waals surface area (Å²) in [6.07, 6.45) is 3.42. The highest BCUT2D eigenvalue weighted by atomic mass is 32.2. The molecule has 1 aromatic carbocycles. The molecule has 0 aliphatic heterocycles. The second-order valence-corrected chi connectivity index (χ2v) is 11.1. The van der Waals surface area contributed by atoms with Crippen LogP contribution in [-0.4, -0.2) is 54.0 Å². The molecule has 168 valence electrons. The summed E-state index contributed by atoms with van der Waals surface area (Å²) in [5, 5.41) is 5.27. The fraction of sp³-hybridized carbons (Fsp3) is 0.556. The lowest BCUT2D eigenvalue weighted by molar-refractivity contribution is -0.140. The molecule has 1 unspecified atom stereocenters. The zero-order chi connectivity index (χ0) is 22.5. The Hall–Kier alpha value is -2.02. The Bertz CT molecular complexity index is 968. The molecule has 12 heteroatoms. The zero-order valence-corrected chi connectivity index (χ0v) is 18.8. The molecule has 1 aliphatic carbocycles. The van der Waals surface area contributed by atoms with Crippen LogP contribution < -0.4 is 20.1 Å². The van der Waals surface area contributed by atoms with Crippen molar-refractivity contribution >= 4 is 31.9 Å². The molecule has 0 radical (unpaired) electrons. The standard InChI is InChI=1S/C18H28N4O6S2/c1-12(13-4-10-16(11-5-13)30(27,28)19-2)20-17(23)18(24)21-14-6-8-15(9-7-14)22-29(3,25)26/h4-5,10-12,14-15,19,22H,6-9H2,1-3H3,(H,20,23)(H,21,24). The van der Waals surface area contributed by atoms with E-state index in [-0.39, 0.29) is 17.0 Å². The highest BCUT2D eigenvalue weighted by molar-refractivity contribution is 7.89. The van der Waals surface area contributed by atoms with Crippen LogP contribution in [0, 0.1) is 0 Å². The molecule has 0 saturated heterocycles. The van der Waals surface area contributed by atoms with Gasteiger partial charge in [0.25, 0.3) is 0 Å². The van der Waals surface area contributed by atoms with Crippen LogP contribution in [0.25, 0.3) is 0 Å². The Morgan fingerprint density at radius 2 is 1.47 bits per heavy atom. The van der Waals surface area contributed by atoms with Gasteiger partial charge in [0.1, 0.15) is 0 Å². The summed E-state index contributed by atoms with van der Waals surface area (Å²) in [7, 11) is -5.50. The molecular weight excluding hydrogens is 432 g/mol. The molecule has 0 heterocycles. The number of benzene rings is 1. The Kier molecular flexibility index (Phi) is 7.97. The van der Waals surface area contributed by atoms with Gasteiger partial charge < -0.3 is 10.6 Å². The molecule has 2 rings (SSSR count). The Labute approximate surface area is 177 Å². The summed E-state index contributed by atoms with van der Waals surface area (Å²) in [6.45, 7) is 1.69. The molecule has 2 amide bonds. The SMILES string of the molecule is CNS(=O)(=O)c1ccc(C(C)NC(=O)C(=O)NC2CCC(NS(C)(=O)=O)CC2)cc1. The van der Waals surface area contributed by atoms with Gasteiger partial charge in [-0.05, 0) is 57.4 Å². The van der Waals surface area contributed by atoms with Gasteiger partial charge in [0.2, 0.25) is 20.0 Å². The van der Waals surface area contributed by atoms with Crippen LogP contribution in [0.5, 0.6) is 0 Å². The van der Waals surface area contributed by atoms with Crippen LogP contribution in [0.2, 0.25) is 0 Å². The van der Waals surface area contributed by atoms with Gasteiger partial charge in [-0.1, -0.05) is 12.1 Å². The van der Waals surface area contributed by atoms with Crippen molar-refractivity contribution in [2.45, 2.75) is 55.6 Å². The van der Waals surface area contributed by atoms with E-state index in [2.05, 4.69) is 20.1 Å². The van der Waals surface area contributed by atoms with E-state index < -0.39 is 37.9 Å². The largest absolute Gasteiger partial charge is 0.345 e. The highest BCUT2D eigenvalue weighted by Gasteiger charge is 2.26. The first kappa shape index (κ1) is 24.3. The van der Waals surface area contributed by atoms with Crippen molar-refractivity contribution in [3.8, 4) is 0 Å². The first-order chi connectivity index (χ1) is 13.9. The number of hydrogen-bond donors (Lipinski definition) is 4. The lowest BCUT2D eigenvalue weighted by Gasteiger charge is -2.29. The van der Waals surface area contributed by atoms with Crippen molar-refractivity contribution in [3.05, 3.63) is 29.8 Å². The normalized spacial score (nSPS) is 20.9. The molecule has 30 heavy (non-hydrogen) atoms. The van der Waals surface area contributed by atoms with Crippen LogP contribution in [0.15, 0.2) is 29.2 Å². The van der Waals surface area contributed by atoms with E-state index >= 15 is 0 Å². The maximum atomic E-state index is 12.2. The third-order valence-electron chi connectivity index (χ3n) is 4.96. The smallest absolute Gasteiger partial charge is 0.309 e. The fourth-order valence-corrected chi connectivity index (χ4v) is 4.88. The molecule has 10 nitrogen and oxygen atoms in total. The second-order valence-electron chi connectivity index (χ2n) is 7.38. The number of hydrogen-bond acceptors (Lipinski definition) is 6. The molecule has 1 atom stereocenters. The number of nitrogens with one attached hydrogen (secondary N) is 4. The highest BCUT2D eigenvalue weighted by Crippen LogP contribution is 2.19. The molecule has 0 bridgehead atoms. The minimum Gasteiger partial charge on any atom is -0.345 e. The van der Waals surface area contributed by atoms with Crippen LogP contribution in [-0.2, 0) is 29.6 Å². The van der Waals surface area contributed by atoms with Gasteiger partial charge in [-0.25, -0.2) is 26.3 Å². The molecule has 1 aromatic rings. The van der Waals surface area contributed by atoms with Crippen LogP contribution >= 0.6 is 0 Å². The molecule has 0 aromatic heterocycles. The molecule has 1 fully saturated rings. The Morgan fingerprint density at radius 1 is 0.933 bits per heavy atom. The summed E-state index contributed by atoms with van der Waals surface area (Å²) in [5.74, 6) is -1.54. The van der Waals surface area contributed by atoms with E-state index in [9.17, 15) is 26.4 Å². The summed E-state index contributed by atoms with van der Waals surface area (Å²) < 4.78 is 50.9. The number of carbonyl (C=O) groups is 2. The van der Waals surface area contributed by atoms with Crippen molar-refractivity contribution in [2.75, 3.05) is 13.3 Å². The maximum Gasteiger partial charge on any atom is 0.309 e. The quantitative estimate of drug-likeness (QED) is 0.412. The molecular formula is C18H28N4O6S2. The first-order valence-corrected chi connectivity index (χ1v) is 12.9. The number of rotatable bonds is 7. The van der Waals surface area contributed by atoms with Crippen molar-refractivity contribution in [2.24, 2.45) is 0 Å². The van der Waals surface area contributed by atoms with E-state index in [0.717, 1.165) is 6.26 Å². The topological polar surface area (TPSA) is 151 Å². The number of sulfonamides is 2. The van der Waals surface area contributed by atoms with Crippen LogP contribution in [0.4, 0.5) is 0 Å².